The molecular formula is C8H7BrNO2. The van der Waals surface area contributed by atoms with Gasteiger partial charge >= 0.3 is 0 Å². The highest BCUT2D eigenvalue weighted by Crippen LogP contribution is 2.12. The van der Waals surface area contributed by atoms with Crippen LogP contribution < -0.4 is 0 Å². The molecule has 63 valence electrons. The van der Waals surface area contributed by atoms with Crippen LogP contribution in [0.25, 0.3) is 0 Å². The molecule has 3 nitrogen and oxygen atoms in total. The van der Waals surface area contributed by atoms with E-state index in [0.29, 0.717) is 0 Å². The molecule has 0 aliphatic carbocycles. The van der Waals surface area contributed by atoms with E-state index < -0.39 is 4.92 Å². The van der Waals surface area contributed by atoms with Crippen molar-refractivity contribution >= 4 is 21.6 Å². The van der Waals surface area contributed by atoms with E-state index in [1.807, 2.05) is 6.07 Å². The summed E-state index contributed by atoms with van der Waals surface area (Å²) in [5.74, 6) is 0. The Morgan fingerprint density at radius 1 is 1.58 bits per heavy atom. The number of non-ortho nitro benzene ring substituents is 1. The van der Waals surface area contributed by atoms with Crippen LogP contribution in [0.1, 0.15) is 5.56 Å². The molecular weight excluding hydrogens is 222 g/mol. The molecule has 0 bridgehead atoms. The van der Waals surface area contributed by atoms with Gasteiger partial charge in [-0.25, -0.2) is 0 Å². The maximum absolute atomic E-state index is 10.3. The van der Waals surface area contributed by atoms with Gasteiger partial charge in [0.15, 0.2) is 0 Å². The third kappa shape index (κ3) is 2.30. The van der Waals surface area contributed by atoms with E-state index in [1.54, 1.807) is 6.07 Å². The summed E-state index contributed by atoms with van der Waals surface area (Å²) in [5.41, 5.74) is 0.898. The normalized spacial score (nSPS) is 9.75. The van der Waals surface area contributed by atoms with Gasteiger partial charge in [-0.3, -0.25) is 10.1 Å². The molecule has 0 aliphatic heterocycles. The van der Waals surface area contributed by atoms with Gasteiger partial charge < -0.3 is 0 Å². The van der Waals surface area contributed by atoms with Crippen LogP contribution in [0.5, 0.6) is 0 Å². The number of nitro benzene ring substituents is 1. The zero-order valence-electron chi connectivity index (χ0n) is 6.29. The molecule has 0 saturated heterocycles. The van der Waals surface area contributed by atoms with E-state index in [4.69, 9.17) is 0 Å². The summed E-state index contributed by atoms with van der Waals surface area (Å²) in [6, 6.07) is 7.66. The molecule has 1 radical (unpaired) electrons. The first-order chi connectivity index (χ1) is 5.74. The number of alkyl halides is 1. The monoisotopic (exact) mass is 228 g/mol. The zero-order chi connectivity index (χ0) is 8.97. The quantitative estimate of drug-likeness (QED) is 0.453. The number of aryl methyl sites for hydroxylation is 1. The second kappa shape index (κ2) is 4.21. The zero-order valence-corrected chi connectivity index (χ0v) is 7.87. The fourth-order valence-corrected chi connectivity index (χ4v) is 1.28. The van der Waals surface area contributed by atoms with Gasteiger partial charge in [0, 0.05) is 11.4 Å². The molecule has 4 heteroatoms. The highest BCUT2D eigenvalue weighted by molar-refractivity contribution is 9.09. The number of nitro groups is 1. The molecule has 12 heavy (non-hydrogen) atoms. The second-order valence-electron chi connectivity index (χ2n) is 2.26. The van der Waals surface area contributed by atoms with Crippen molar-refractivity contribution in [3.63, 3.8) is 0 Å². The van der Waals surface area contributed by atoms with Gasteiger partial charge in [0.2, 0.25) is 0 Å². The molecule has 0 N–H and O–H groups in total. The van der Waals surface area contributed by atoms with Crippen LogP contribution in [-0.2, 0) is 6.42 Å². The van der Waals surface area contributed by atoms with E-state index in [-0.39, 0.29) is 5.69 Å². The summed E-state index contributed by atoms with van der Waals surface area (Å²) in [4.78, 5) is 9.89. The second-order valence-corrected chi connectivity index (χ2v) is 3.05. The van der Waals surface area contributed by atoms with Gasteiger partial charge in [-0.15, -0.1) is 0 Å². The first-order valence-electron chi connectivity index (χ1n) is 3.45. The number of rotatable bonds is 3. The maximum Gasteiger partial charge on any atom is 0.277 e. The summed E-state index contributed by atoms with van der Waals surface area (Å²) in [6.07, 6.45) is 0.766. The number of nitrogens with zero attached hydrogens (tertiary/aromatic N) is 1. The molecule has 1 rings (SSSR count). The van der Waals surface area contributed by atoms with Crippen LogP contribution in [0.15, 0.2) is 18.2 Å². The predicted octanol–water partition coefficient (Wildman–Crippen LogP) is 2.33. The minimum absolute atomic E-state index is 0.0356. The van der Waals surface area contributed by atoms with Gasteiger partial charge in [-0.05, 0) is 12.0 Å². The highest BCUT2D eigenvalue weighted by atomic mass is 79.9. The Morgan fingerprint density at radius 2 is 2.33 bits per heavy atom. The van der Waals surface area contributed by atoms with Gasteiger partial charge in [0.1, 0.15) is 0 Å². The van der Waals surface area contributed by atoms with Crippen molar-refractivity contribution in [2.75, 3.05) is 5.33 Å². The Balaban J connectivity index is 2.88. The topological polar surface area (TPSA) is 43.1 Å². The van der Waals surface area contributed by atoms with Crippen molar-refractivity contribution < 1.29 is 4.92 Å². The molecule has 1 aromatic carbocycles. The first kappa shape index (κ1) is 9.19. The van der Waals surface area contributed by atoms with Crippen LogP contribution in [0.4, 0.5) is 5.69 Å². The summed E-state index contributed by atoms with van der Waals surface area (Å²) >= 11 is 3.26. The summed E-state index contributed by atoms with van der Waals surface area (Å²) in [5, 5.41) is 11.1. The minimum atomic E-state index is -0.433. The standard InChI is InChI=1S/C8H7BrNO2/c9-5-4-7-2-1-3-8(6-7)10(11)12/h1-3H,4-5H2. The van der Waals surface area contributed by atoms with Crippen molar-refractivity contribution in [1.82, 2.24) is 0 Å². The Kier molecular flexibility index (Phi) is 3.22. The molecule has 0 saturated carbocycles. The fourth-order valence-electron chi connectivity index (χ4n) is 0.857. The number of halogens is 1. The van der Waals surface area contributed by atoms with E-state index in [2.05, 4.69) is 22.0 Å². The lowest BCUT2D eigenvalue weighted by atomic mass is 10.1. The van der Waals surface area contributed by atoms with Crippen molar-refractivity contribution in [1.29, 1.82) is 0 Å². The van der Waals surface area contributed by atoms with Crippen molar-refractivity contribution in [2.45, 2.75) is 6.42 Å². The van der Waals surface area contributed by atoms with E-state index in [0.717, 1.165) is 17.3 Å². The van der Waals surface area contributed by atoms with Crippen LogP contribution in [0, 0.1) is 16.2 Å². The van der Waals surface area contributed by atoms with Crippen LogP contribution >= 0.6 is 15.9 Å². The van der Waals surface area contributed by atoms with Gasteiger partial charge in [0.05, 0.1) is 11.0 Å². The lowest BCUT2D eigenvalue weighted by molar-refractivity contribution is -0.385. The molecule has 0 atom stereocenters. The molecule has 0 fully saturated rings. The minimum Gasteiger partial charge on any atom is -0.258 e. The van der Waals surface area contributed by atoms with Crippen molar-refractivity contribution in [3.05, 3.63) is 39.9 Å². The maximum atomic E-state index is 10.3. The average molecular weight is 229 g/mol. The SMILES string of the molecule is O=[N+]([O-])c1[c]c(CCBr)ccc1. The van der Waals surface area contributed by atoms with Crippen LogP contribution in [0.2, 0.25) is 0 Å². The molecule has 0 aromatic heterocycles. The Bertz CT molecular complexity index is 288. The number of hydrogen-bond acceptors (Lipinski definition) is 2. The summed E-state index contributed by atoms with van der Waals surface area (Å²) in [7, 11) is 0. The Hall–Kier alpha value is -0.900. The number of hydrogen-bond donors (Lipinski definition) is 0. The van der Waals surface area contributed by atoms with Crippen molar-refractivity contribution in [3.8, 4) is 0 Å². The highest BCUT2D eigenvalue weighted by Gasteiger charge is 2.05. The third-order valence-electron chi connectivity index (χ3n) is 1.40. The molecule has 0 unspecified atom stereocenters. The first-order valence-corrected chi connectivity index (χ1v) is 4.58. The largest absolute Gasteiger partial charge is 0.277 e. The van der Waals surface area contributed by atoms with Gasteiger partial charge in [0.25, 0.3) is 5.69 Å². The third-order valence-corrected chi connectivity index (χ3v) is 1.80. The molecule has 0 heterocycles. The molecule has 0 spiro atoms. The summed E-state index contributed by atoms with van der Waals surface area (Å²) in [6.45, 7) is 0. The molecule has 0 aliphatic rings. The van der Waals surface area contributed by atoms with Crippen LogP contribution in [0.3, 0.4) is 0 Å². The van der Waals surface area contributed by atoms with E-state index in [1.165, 1.54) is 6.07 Å². The molecule has 1 aromatic rings. The van der Waals surface area contributed by atoms with Crippen LogP contribution in [-0.4, -0.2) is 10.3 Å². The smallest absolute Gasteiger partial charge is 0.258 e. The lowest BCUT2D eigenvalue weighted by Gasteiger charge is -1.95. The van der Waals surface area contributed by atoms with Gasteiger partial charge in [-0.1, -0.05) is 28.1 Å². The summed E-state index contributed by atoms with van der Waals surface area (Å²) < 4.78 is 0. The van der Waals surface area contributed by atoms with Gasteiger partial charge in [-0.2, -0.15) is 0 Å². The lowest BCUT2D eigenvalue weighted by Crippen LogP contribution is -1.91. The van der Waals surface area contributed by atoms with E-state index >= 15 is 0 Å². The van der Waals surface area contributed by atoms with Crippen molar-refractivity contribution in [2.24, 2.45) is 0 Å². The molecule has 0 amide bonds. The fraction of sp³-hybridized carbons (Fsp3) is 0.250. The number of benzene rings is 1. The Morgan fingerprint density at radius 3 is 2.92 bits per heavy atom. The van der Waals surface area contributed by atoms with E-state index in [9.17, 15) is 10.1 Å². The predicted molar refractivity (Wildman–Crippen MR) is 49.4 cm³/mol. The average Bonchev–Trinajstić information content (AvgIpc) is 2.05. The Labute approximate surface area is 78.7 Å².